The first-order valence-electron chi connectivity index (χ1n) is 11.2. The summed E-state index contributed by atoms with van der Waals surface area (Å²) < 4.78 is 42.4. The van der Waals surface area contributed by atoms with Crippen molar-refractivity contribution in [1.82, 2.24) is 9.80 Å². The average Bonchev–Trinajstić information content (AvgIpc) is 3.33. The minimum atomic E-state index is -4.18. The van der Waals surface area contributed by atoms with Gasteiger partial charge in [0.25, 0.3) is 5.91 Å². The molecule has 0 radical (unpaired) electrons. The molecule has 2 aliphatic heterocycles. The number of hydrogen-bond acceptors (Lipinski definition) is 4. The summed E-state index contributed by atoms with van der Waals surface area (Å²) in [5.74, 6) is -0.718. The molecule has 1 amide bonds. The van der Waals surface area contributed by atoms with Crippen molar-refractivity contribution in [3.63, 3.8) is 0 Å². The topological polar surface area (TPSA) is 76.2 Å². The van der Waals surface area contributed by atoms with Gasteiger partial charge in [-0.05, 0) is 30.3 Å². The fourth-order valence-corrected chi connectivity index (χ4v) is 5.82. The molecule has 2 heterocycles. The van der Waals surface area contributed by atoms with E-state index in [0.29, 0.717) is 13.1 Å². The summed E-state index contributed by atoms with van der Waals surface area (Å²) in [6.07, 6.45) is 2.63. The van der Waals surface area contributed by atoms with Gasteiger partial charge in [-0.3, -0.25) is 9.69 Å². The highest BCUT2D eigenvalue weighted by Crippen LogP contribution is 2.32. The van der Waals surface area contributed by atoms with Crippen LogP contribution in [0.25, 0.3) is 4.72 Å². The lowest BCUT2D eigenvalue weighted by molar-refractivity contribution is -0.886. The monoisotopic (exact) mass is 494 g/mol. The molecule has 4 rings (SSSR count). The Hall–Kier alpha value is -2.20. The van der Waals surface area contributed by atoms with E-state index in [4.69, 9.17) is 11.6 Å². The highest BCUT2D eigenvalue weighted by molar-refractivity contribution is 7.94. The number of rotatable bonds is 7. The maximum atomic E-state index is 13.1. The lowest BCUT2D eigenvalue weighted by Gasteiger charge is -2.35. The average molecular weight is 495 g/mol. The maximum absolute atomic E-state index is 13.1. The second-order valence-corrected chi connectivity index (χ2v) is 10.5. The van der Waals surface area contributed by atoms with Gasteiger partial charge in [-0.25, -0.2) is 12.8 Å². The van der Waals surface area contributed by atoms with E-state index in [-0.39, 0.29) is 27.1 Å². The van der Waals surface area contributed by atoms with Crippen LogP contribution in [-0.4, -0.2) is 76.5 Å². The van der Waals surface area contributed by atoms with Gasteiger partial charge in [-0.2, -0.15) is 0 Å². The molecule has 10 heteroatoms. The Morgan fingerprint density at radius 2 is 1.70 bits per heavy atom. The zero-order valence-corrected chi connectivity index (χ0v) is 19.9. The van der Waals surface area contributed by atoms with Gasteiger partial charge in [0.2, 0.25) is 0 Å². The molecule has 2 aliphatic rings. The number of carbonyl (C=O) groups excluding carboxylic acids is 1. The smallest absolute Gasteiger partial charge is 0.253 e. The Morgan fingerprint density at radius 1 is 1.03 bits per heavy atom. The molecule has 2 aromatic rings. The first kappa shape index (κ1) is 23.9. The standard InChI is InChI=1S/C23H27ClFN4O3S/c24-21-8-3-18(17-22(21)33(31,32)26-20-6-4-19(25)5-7-20)23(30)29-15-13-28(14-16-29)12-11-27-9-1-2-10-27/h3-8,17H,1-2,9-16H2/q-1/p+1. The van der Waals surface area contributed by atoms with E-state index in [2.05, 4.69) is 9.62 Å². The van der Waals surface area contributed by atoms with Crippen molar-refractivity contribution in [3.8, 4) is 0 Å². The highest BCUT2D eigenvalue weighted by atomic mass is 35.5. The quantitative estimate of drug-likeness (QED) is 0.641. The Balaban J connectivity index is 1.39. The third-order valence-electron chi connectivity index (χ3n) is 6.26. The lowest BCUT2D eigenvalue weighted by Crippen LogP contribution is -3.10. The Morgan fingerprint density at radius 3 is 2.36 bits per heavy atom. The molecule has 2 aromatic carbocycles. The Bertz CT molecular complexity index is 1080. The van der Waals surface area contributed by atoms with Crippen LogP contribution in [0.4, 0.5) is 10.1 Å². The number of nitrogens with one attached hydrogen (secondary N) is 1. The van der Waals surface area contributed by atoms with E-state index in [1.165, 1.54) is 56.3 Å². The summed E-state index contributed by atoms with van der Waals surface area (Å²) in [6.45, 7) is 7.49. The molecular formula is C23H28ClFN4O3S. The summed E-state index contributed by atoms with van der Waals surface area (Å²) in [4.78, 5) is 18.6. The van der Waals surface area contributed by atoms with E-state index in [1.54, 1.807) is 9.80 Å². The molecule has 1 N–H and O–H groups in total. The van der Waals surface area contributed by atoms with Crippen molar-refractivity contribution < 1.29 is 22.5 Å². The van der Waals surface area contributed by atoms with Crippen molar-refractivity contribution in [2.24, 2.45) is 0 Å². The van der Waals surface area contributed by atoms with Crippen LogP contribution in [0.2, 0.25) is 5.02 Å². The van der Waals surface area contributed by atoms with Crippen LogP contribution in [0, 0.1) is 5.82 Å². The van der Waals surface area contributed by atoms with Gasteiger partial charge >= 0.3 is 0 Å². The molecule has 0 aliphatic carbocycles. The molecule has 178 valence electrons. The third-order valence-corrected chi connectivity index (χ3v) is 8.05. The lowest BCUT2D eigenvalue weighted by atomic mass is 10.2. The van der Waals surface area contributed by atoms with Gasteiger partial charge in [0.15, 0.2) is 0 Å². The normalized spacial score (nSPS) is 17.9. The number of likely N-dealkylation sites (tertiary alicyclic amines) is 1. The van der Waals surface area contributed by atoms with Crippen LogP contribution in [-0.2, 0) is 10.0 Å². The highest BCUT2D eigenvalue weighted by Gasteiger charge is 2.25. The SMILES string of the molecule is O=C(c1ccc(Cl)c(S(=O)(=O)[N-]c2ccc(F)cc2)c1)N1CCN(CC[NH+]2CCCC2)CC1. The number of sulfonamides is 1. The van der Waals surface area contributed by atoms with E-state index in [0.717, 1.165) is 38.3 Å². The maximum Gasteiger partial charge on any atom is 0.253 e. The largest absolute Gasteiger partial charge is 0.573 e. The minimum Gasteiger partial charge on any atom is -0.573 e. The van der Waals surface area contributed by atoms with Crippen LogP contribution in [0.1, 0.15) is 23.2 Å². The van der Waals surface area contributed by atoms with Crippen molar-refractivity contribution >= 4 is 33.2 Å². The van der Waals surface area contributed by atoms with Gasteiger partial charge < -0.3 is 14.5 Å². The fourth-order valence-electron chi connectivity index (χ4n) is 4.32. The molecule has 0 aromatic heterocycles. The van der Waals surface area contributed by atoms with Crippen LogP contribution < -0.4 is 4.90 Å². The number of quaternary nitrogens is 1. The fraction of sp³-hybridized carbons (Fsp3) is 0.435. The van der Waals surface area contributed by atoms with Gasteiger partial charge in [0.05, 0.1) is 29.6 Å². The van der Waals surface area contributed by atoms with E-state index < -0.39 is 15.8 Å². The van der Waals surface area contributed by atoms with Crippen LogP contribution in [0.3, 0.4) is 0 Å². The number of halogens is 2. The molecule has 33 heavy (non-hydrogen) atoms. The van der Waals surface area contributed by atoms with E-state index in [1.807, 2.05) is 0 Å². The van der Waals surface area contributed by atoms with Crippen molar-refractivity contribution in [3.05, 3.63) is 63.6 Å². The molecular weight excluding hydrogens is 467 g/mol. The number of amides is 1. The summed E-state index contributed by atoms with van der Waals surface area (Å²) >= 11 is 6.14. The van der Waals surface area contributed by atoms with Gasteiger partial charge in [0, 0.05) is 51.1 Å². The summed E-state index contributed by atoms with van der Waals surface area (Å²) in [7, 11) is -4.18. The summed E-state index contributed by atoms with van der Waals surface area (Å²) in [6, 6.07) is 8.99. The van der Waals surface area contributed by atoms with Gasteiger partial charge in [-0.15, -0.1) is 5.69 Å². The molecule has 0 atom stereocenters. The van der Waals surface area contributed by atoms with E-state index in [9.17, 15) is 17.6 Å². The zero-order chi connectivity index (χ0) is 23.4. The zero-order valence-electron chi connectivity index (χ0n) is 18.3. The van der Waals surface area contributed by atoms with Gasteiger partial charge in [0.1, 0.15) is 15.8 Å². The predicted octanol–water partition coefficient (Wildman–Crippen LogP) is 2.31. The van der Waals surface area contributed by atoms with Crippen molar-refractivity contribution in [1.29, 1.82) is 0 Å². The minimum absolute atomic E-state index is 0.0216. The second-order valence-electron chi connectivity index (χ2n) is 8.53. The third kappa shape index (κ3) is 6.03. The second kappa shape index (κ2) is 10.4. The molecule has 0 saturated carbocycles. The van der Waals surface area contributed by atoms with Crippen molar-refractivity contribution in [2.45, 2.75) is 17.7 Å². The molecule has 0 unspecified atom stereocenters. The van der Waals surface area contributed by atoms with Crippen LogP contribution >= 0.6 is 11.6 Å². The summed E-state index contributed by atoms with van der Waals surface area (Å²) in [5.41, 5.74) is 0.332. The van der Waals surface area contributed by atoms with Crippen LogP contribution in [0.5, 0.6) is 0 Å². The van der Waals surface area contributed by atoms with Crippen molar-refractivity contribution in [2.75, 3.05) is 52.4 Å². The molecule has 2 fully saturated rings. The number of benzene rings is 2. The first-order valence-corrected chi connectivity index (χ1v) is 13.0. The Labute approximate surface area is 199 Å². The number of carbonyl (C=O) groups is 1. The Kier molecular flexibility index (Phi) is 7.53. The first-order chi connectivity index (χ1) is 15.8. The molecule has 0 spiro atoms. The molecule has 7 nitrogen and oxygen atoms in total. The predicted molar refractivity (Wildman–Crippen MR) is 125 cm³/mol. The summed E-state index contributed by atoms with van der Waals surface area (Å²) in [5, 5.41) is -0.0216. The number of piperazine rings is 1. The van der Waals surface area contributed by atoms with Gasteiger partial charge in [-0.1, -0.05) is 23.7 Å². The van der Waals surface area contributed by atoms with Crippen LogP contribution in [0.15, 0.2) is 47.4 Å². The van der Waals surface area contributed by atoms with E-state index >= 15 is 0 Å². The number of nitrogens with zero attached hydrogens (tertiary/aromatic N) is 3. The molecule has 2 saturated heterocycles. The number of hydrogen-bond donors (Lipinski definition) is 1. The molecule has 0 bridgehead atoms.